The number of amides is 3. The fourth-order valence-corrected chi connectivity index (χ4v) is 4.04. The zero-order valence-corrected chi connectivity index (χ0v) is 19.0. The molecule has 2 aromatic rings. The molecule has 3 rings (SSSR count). The van der Waals surface area contributed by atoms with Gasteiger partial charge in [0.05, 0.1) is 6.61 Å². The van der Waals surface area contributed by atoms with E-state index in [0.717, 1.165) is 5.56 Å². The number of hydrogen-bond donors (Lipinski definition) is 2. The zero-order valence-electron chi connectivity index (χ0n) is 19.0. The van der Waals surface area contributed by atoms with Crippen molar-refractivity contribution in [3.05, 3.63) is 71.0 Å². The van der Waals surface area contributed by atoms with E-state index in [4.69, 9.17) is 4.74 Å². The standard InChI is InChI=1S/C25H30FN3O4/c1-17-5-3-4-6-21(17)23(30)28-22(24(31)27-13-16-33-2)18-11-14-29(15-12-18)25(32)19-7-9-20(26)10-8-19/h3-10,18,22H,11-16H2,1-2H3,(H,27,31)(H,28,30). The van der Waals surface area contributed by atoms with Gasteiger partial charge in [-0.1, -0.05) is 18.2 Å². The molecule has 0 bridgehead atoms. The lowest BCUT2D eigenvalue weighted by Crippen LogP contribution is -2.54. The first-order valence-corrected chi connectivity index (χ1v) is 11.1. The molecular formula is C25H30FN3O4. The molecule has 1 saturated heterocycles. The summed E-state index contributed by atoms with van der Waals surface area (Å²) in [4.78, 5) is 40.3. The average molecular weight is 456 g/mol. The number of halogens is 1. The van der Waals surface area contributed by atoms with Crippen LogP contribution in [0.1, 0.15) is 39.1 Å². The topological polar surface area (TPSA) is 87.7 Å². The number of ether oxygens (including phenoxy) is 1. The minimum atomic E-state index is -0.725. The van der Waals surface area contributed by atoms with Crippen LogP contribution < -0.4 is 10.6 Å². The van der Waals surface area contributed by atoms with Crippen LogP contribution in [0.4, 0.5) is 4.39 Å². The van der Waals surface area contributed by atoms with Gasteiger partial charge in [-0.3, -0.25) is 14.4 Å². The second-order valence-electron chi connectivity index (χ2n) is 8.19. The van der Waals surface area contributed by atoms with Crippen LogP contribution in [-0.2, 0) is 9.53 Å². The van der Waals surface area contributed by atoms with Crippen LogP contribution >= 0.6 is 0 Å². The molecule has 0 spiro atoms. The Labute approximate surface area is 193 Å². The third-order valence-electron chi connectivity index (χ3n) is 5.95. The van der Waals surface area contributed by atoms with E-state index in [9.17, 15) is 18.8 Å². The zero-order chi connectivity index (χ0) is 23.8. The van der Waals surface area contributed by atoms with Crippen molar-refractivity contribution in [3.8, 4) is 0 Å². The quantitative estimate of drug-likeness (QED) is 0.599. The number of carbonyl (C=O) groups is 3. The molecule has 1 heterocycles. The number of hydrogen-bond acceptors (Lipinski definition) is 4. The molecule has 0 radical (unpaired) electrons. The maximum Gasteiger partial charge on any atom is 0.253 e. The van der Waals surface area contributed by atoms with Gasteiger partial charge in [0, 0.05) is 37.9 Å². The first kappa shape index (κ1) is 24.4. The lowest BCUT2D eigenvalue weighted by atomic mass is 9.88. The third-order valence-corrected chi connectivity index (χ3v) is 5.95. The molecule has 1 unspecified atom stereocenters. The van der Waals surface area contributed by atoms with Gasteiger partial charge in [-0.2, -0.15) is 0 Å². The fourth-order valence-electron chi connectivity index (χ4n) is 4.04. The van der Waals surface area contributed by atoms with Crippen molar-refractivity contribution in [2.45, 2.75) is 25.8 Å². The smallest absolute Gasteiger partial charge is 0.253 e. The second kappa shape index (κ2) is 11.6. The summed E-state index contributed by atoms with van der Waals surface area (Å²) in [5.41, 5.74) is 1.78. The molecule has 3 amide bonds. The van der Waals surface area contributed by atoms with Gasteiger partial charge in [-0.05, 0) is 61.6 Å². The Morgan fingerprint density at radius 2 is 1.76 bits per heavy atom. The van der Waals surface area contributed by atoms with Gasteiger partial charge in [0.2, 0.25) is 5.91 Å². The number of piperidine rings is 1. The monoisotopic (exact) mass is 455 g/mol. The number of aryl methyl sites for hydroxylation is 1. The maximum absolute atomic E-state index is 13.2. The molecule has 2 aromatic carbocycles. The number of methoxy groups -OCH3 is 1. The highest BCUT2D eigenvalue weighted by atomic mass is 19.1. The van der Waals surface area contributed by atoms with Crippen LogP contribution in [0, 0.1) is 18.7 Å². The van der Waals surface area contributed by atoms with Gasteiger partial charge in [-0.15, -0.1) is 0 Å². The molecule has 33 heavy (non-hydrogen) atoms. The lowest BCUT2D eigenvalue weighted by molar-refractivity contribution is -0.124. The van der Waals surface area contributed by atoms with Crippen molar-refractivity contribution >= 4 is 17.7 Å². The van der Waals surface area contributed by atoms with Gasteiger partial charge >= 0.3 is 0 Å². The Morgan fingerprint density at radius 3 is 2.39 bits per heavy atom. The Hall–Kier alpha value is -3.26. The van der Waals surface area contributed by atoms with Gasteiger partial charge in [0.1, 0.15) is 11.9 Å². The highest BCUT2D eigenvalue weighted by Crippen LogP contribution is 2.23. The fraction of sp³-hybridized carbons (Fsp3) is 0.400. The van der Waals surface area contributed by atoms with Crippen LogP contribution in [-0.4, -0.2) is 62.0 Å². The summed E-state index contributed by atoms with van der Waals surface area (Å²) < 4.78 is 18.2. The molecule has 0 saturated carbocycles. The first-order valence-electron chi connectivity index (χ1n) is 11.1. The Balaban J connectivity index is 1.68. The van der Waals surface area contributed by atoms with Crippen molar-refractivity contribution < 1.29 is 23.5 Å². The number of benzene rings is 2. The van der Waals surface area contributed by atoms with E-state index in [1.807, 2.05) is 19.1 Å². The predicted octanol–water partition coefficient (Wildman–Crippen LogP) is 2.55. The maximum atomic E-state index is 13.2. The third kappa shape index (κ3) is 6.38. The Morgan fingerprint density at radius 1 is 1.09 bits per heavy atom. The molecule has 1 fully saturated rings. The van der Waals surface area contributed by atoms with E-state index in [-0.39, 0.29) is 23.6 Å². The van der Waals surface area contributed by atoms with Crippen LogP contribution in [0.2, 0.25) is 0 Å². The van der Waals surface area contributed by atoms with E-state index in [2.05, 4.69) is 10.6 Å². The van der Waals surface area contributed by atoms with Crippen LogP contribution in [0.5, 0.6) is 0 Å². The van der Waals surface area contributed by atoms with Gasteiger partial charge in [0.25, 0.3) is 11.8 Å². The van der Waals surface area contributed by atoms with E-state index in [0.29, 0.717) is 50.2 Å². The summed E-state index contributed by atoms with van der Waals surface area (Å²) in [6.07, 6.45) is 1.12. The second-order valence-corrected chi connectivity index (χ2v) is 8.19. The van der Waals surface area contributed by atoms with Crippen LogP contribution in [0.25, 0.3) is 0 Å². The largest absolute Gasteiger partial charge is 0.383 e. The summed E-state index contributed by atoms with van der Waals surface area (Å²) in [5.74, 6) is -1.25. The highest BCUT2D eigenvalue weighted by Gasteiger charge is 2.34. The SMILES string of the molecule is COCCNC(=O)C(NC(=O)c1ccccc1C)C1CCN(C(=O)c2ccc(F)cc2)CC1. The van der Waals surface area contributed by atoms with Crippen molar-refractivity contribution in [1.82, 2.24) is 15.5 Å². The Kier molecular flexibility index (Phi) is 8.54. The van der Waals surface area contributed by atoms with Gasteiger partial charge in [0.15, 0.2) is 0 Å². The van der Waals surface area contributed by atoms with Crippen LogP contribution in [0.15, 0.2) is 48.5 Å². The molecule has 176 valence electrons. The van der Waals surface area contributed by atoms with E-state index < -0.39 is 11.9 Å². The lowest BCUT2D eigenvalue weighted by Gasteiger charge is -2.36. The number of rotatable bonds is 8. The number of nitrogens with one attached hydrogen (secondary N) is 2. The van der Waals surface area contributed by atoms with Gasteiger partial charge < -0.3 is 20.3 Å². The number of nitrogens with zero attached hydrogens (tertiary/aromatic N) is 1. The molecule has 0 aliphatic carbocycles. The number of likely N-dealkylation sites (tertiary alicyclic amines) is 1. The van der Waals surface area contributed by atoms with Gasteiger partial charge in [-0.25, -0.2) is 4.39 Å². The van der Waals surface area contributed by atoms with E-state index >= 15 is 0 Å². The van der Waals surface area contributed by atoms with E-state index in [1.54, 1.807) is 24.1 Å². The summed E-state index contributed by atoms with van der Waals surface area (Å²) in [6, 6.07) is 12.0. The number of carbonyl (C=O) groups excluding carboxylic acids is 3. The normalized spacial score (nSPS) is 15.1. The molecule has 1 aliphatic rings. The molecule has 8 heteroatoms. The summed E-state index contributed by atoms with van der Waals surface area (Å²) in [6.45, 7) is 3.46. The summed E-state index contributed by atoms with van der Waals surface area (Å²) in [5, 5.41) is 5.74. The summed E-state index contributed by atoms with van der Waals surface area (Å²) >= 11 is 0. The van der Waals surface area contributed by atoms with Crippen molar-refractivity contribution in [2.24, 2.45) is 5.92 Å². The van der Waals surface area contributed by atoms with Crippen molar-refractivity contribution in [1.29, 1.82) is 0 Å². The predicted molar refractivity (Wildman–Crippen MR) is 122 cm³/mol. The Bertz CT molecular complexity index is 972. The molecule has 1 atom stereocenters. The molecule has 2 N–H and O–H groups in total. The minimum absolute atomic E-state index is 0.127. The van der Waals surface area contributed by atoms with Crippen molar-refractivity contribution in [3.63, 3.8) is 0 Å². The molecule has 0 aromatic heterocycles. The van der Waals surface area contributed by atoms with E-state index in [1.165, 1.54) is 24.3 Å². The highest BCUT2D eigenvalue weighted by molar-refractivity contribution is 5.98. The van der Waals surface area contributed by atoms with Crippen LogP contribution in [0.3, 0.4) is 0 Å². The molecule has 1 aliphatic heterocycles. The first-order chi connectivity index (χ1) is 15.9. The molecular weight excluding hydrogens is 425 g/mol. The molecule has 7 nitrogen and oxygen atoms in total. The summed E-state index contributed by atoms with van der Waals surface area (Å²) in [7, 11) is 1.55. The average Bonchev–Trinajstić information content (AvgIpc) is 2.83. The minimum Gasteiger partial charge on any atom is -0.383 e. The van der Waals surface area contributed by atoms with Crippen molar-refractivity contribution in [2.75, 3.05) is 33.4 Å².